The molecule has 0 saturated carbocycles. The van der Waals surface area contributed by atoms with Crippen molar-refractivity contribution in [2.75, 3.05) is 0 Å². The van der Waals surface area contributed by atoms with Crippen LogP contribution in [0, 0.1) is 0 Å². The monoisotopic (exact) mass is 440 g/mol. The van der Waals surface area contributed by atoms with Crippen LogP contribution >= 0.6 is 0 Å². The molecule has 0 aliphatic carbocycles. The van der Waals surface area contributed by atoms with Crippen molar-refractivity contribution in [2.24, 2.45) is 0 Å². The third-order valence-corrected chi connectivity index (χ3v) is 16.6. The summed E-state index contributed by atoms with van der Waals surface area (Å²) in [6, 6.07) is 3.50. The van der Waals surface area contributed by atoms with Crippen LogP contribution in [0.1, 0.15) is 101 Å². The molecule has 0 spiro atoms. The molecule has 0 saturated heterocycles. The van der Waals surface area contributed by atoms with Crippen LogP contribution in [0.25, 0.3) is 0 Å². The summed E-state index contributed by atoms with van der Waals surface area (Å²) in [5.41, 5.74) is 0. The topological polar surface area (TPSA) is 36.9 Å². The Balaban J connectivity index is 6.00. The molecule has 27 heavy (non-hydrogen) atoms. The first-order chi connectivity index (χ1) is 12.8. The van der Waals surface area contributed by atoms with Gasteiger partial charge in [0.1, 0.15) is 0 Å². The van der Waals surface area contributed by atoms with Crippen LogP contribution in [0.3, 0.4) is 0 Å². The average Bonchev–Trinajstić information content (AvgIpc) is 2.61. The first-order valence-electron chi connectivity index (χ1n) is 11.5. The molecule has 3 atom stereocenters. The molecule has 0 amide bonds. The molecule has 0 aliphatic heterocycles. The Kier molecular flexibility index (Phi) is 15.1. The summed E-state index contributed by atoms with van der Waals surface area (Å²) in [6.07, 6.45) is 6.55. The Morgan fingerprint density at radius 2 is 0.889 bits per heavy atom. The van der Waals surface area contributed by atoms with Crippen LogP contribution in [0.5, 0.6) is 0 Å². The first kappa shape index (κ1) is 27.8. The van der Waals surface area contributed by atoms with Crippen molar-refractivity contribution >= 4 is 8.32 Å². The Morgan fingerprint density at radius 3 is 1.11 bits per heavy atom. The molecule has 164 valence electrons. The van der Waals surface area contributed by atoms with Gasteiger partial charge < -0.3 is 0 Å². The van der Waals surface area contributed by atoms with E-state index < -0.39 is 26.5 Å². The van der Waals surface area contributed by atoms with Gasteiger partial charge in [-0.05, 0) is 0 Å². The molecule has 0 aliphatic rings. The molecule has 0 aromatic heterocycles. The fraction of sp³-hybridized carbons (Fsp3) is 1.00. The molecule has 6 heteroatoms. The molecule has 0 heterocycles. The molecule has 0 N–H and O–H groups in total. The van der Waals surface area contributed by atoms with Gasteiger partial charge in [0, 0.05) is 0 Å². The van der Waals surface area contributed by atoms with Crippen LogP contribution in [-0.2, 0) is 31.1 Å². The maximum absolute atomic E-state index is 7.12. The quantitative estimate of drug-likeness (QED) is 0.220. The molecule has 3 unspecified atom stereocenters. The second kappa shape index (κ2) is 14.7. The zero-order chi connectivity index (χ0) is 20.9. The van der Waals surface area contributed by atoms with Gasteiger partial charge in [-0.2, -0.15) is 0 Å². The summed E-state index contributed by atoms with van der Waals surface area (Å²) >= 11 is -3.88. The summed E-state index contributed by atoms with van der Waals surface area (Å²) in [7, 11) is -1.96. The molecule has 0 aromatic carbocycles. The van der Waals surface area contributed by atoms with Crippen LogP contribution in [-0.4, -0.2) is 26.6 Å². The Hall–Kier alpha value is 0.771. The van der Waals surface area contributed by atoms with Gasteiger partial charge in [-0.3, -0.25) is 0 Å². The fourth-order valence-corrected chi connectivity index (χ4v) is 15.7. The van der Waals surface area contributed by atoms with Gasteiger partial charge in [0.25, 0.3) is 0 Å². The van der Waals surface area contributed by atoms with E-state index in [4.69, 9.17) is 13.0 Å². The SMILES string of the molecule is CCC[Si](CCC)(CCC)[O][Ti]([O]C(C)CC)([O]C(C)CC)[O]C(C)CC. The fourth-order valence-electron chi connectivity index (χ4n) is 3.30. The molecular weight excluding hydrogens is 392 g/mol. The summed E-state index contributed by atoms with van der Waals surface area (Å²) in [4.78, 5) is 0. The van der Waals surface area contributed by atoms with Gasteiger partial charge in [-0.1, -0.05) is 0 Å². The third-order valence-electron chi connectivity index (χ3n) is 5.22. The van der Waals surface area contributed by atoms with Crippen molar-refractivity contribution in [3.63, 3.8) is 0 Å². The second-order valence-corrected chi connectivity index (χ2v) is 15.7. The normalized spacial score (nSPS) is 18.1. The summed E-state index contributed by atoms with van der Waals surface area (Å²) < 4.78 is 26.9. The van der Waals surface area contributed by atoms with Crippen LogP contribution in [0.2, 0.25) is 18.1 Å². The van der Waals surface area contributed by atoms with Crippen molar-refractivity contribution in [1.29, 1.82) is 0 Å². The van der Waals surface area contributed by atoms with Gasteiger partial charge in [0.05, 0.1) is 0 Å². The number of rotatable bonds is 17. The van der Waals surface area contributed by atoms with E-state index in [9.17, 15) is 0 Å². The average molecular weight is 441 g/mol. The van der Waals surface area contributed by atoms with Crippen LogP contribution in [0.4, 0.5) is 0 Å². The van der Waals surface area contributed by atoms with E-state index in [1.807, 2.05) is 0 Å². The second-order valence-electron chi connectivity index (χ2n) is 8.05. The minimum absolute atomic E-state index is 0.0923. The molecule has 0 radical (unpaired) electrons. The van der Waals surface area contributed by atoms with Crippen molar-refractivity contribution in [2.45, 2.75) is 137 Å². The predicted octanol–water partition coefficient (Wildman–Crippen LogP) is 7.44. The Labute approximate surface area is 176 Å². The molecule has 4 nitrogen and oxygen atoms in total. The summed E-state index contributed by atoms with van der Waals surface area (Å²) in [6.45, 7) is 19.6. The van der Waals surface area contributed by atoms with Crippen molar-refractivity contribution < 1.29 is 31.1 Å². The zero-order valence-electron chi connectivity index (χ0n) is 19.7. The van der Waals surface area contributed by atoms with Gasteiger partial charge in [-0.15, -0.1) is 0 Å². The van der Waals surface area contributed by atoms with E-state index in [0.29, 0.717) is 0 Å². The molecule has 0 aromatic rings. The van der Waals surface area contributed by atoms with Crippen molar-refractivity contribution in [1.82, 2.24) is 0 Å². The van der Waals surface area contributed by atoms with E-state index >= 15 is 0 Å². The molecule has 0 bridgehead atoms. The summed E-state index contributed by atoms with van der Waals surface area (Å²) in [5.74, 6) is 0. The first-order valence-corrected chi connectivity index (χ1v) is 16.6. The van der Waals surface area contributed by atoms with Gasteiger partial charge >= 0.3 is 177 Å². The van der Waals surface area contributed by atoms with E-state index in [2.05, 4.69) is 62.3 Å². The van der Waals surface area contributed by atoms with Gasteiger partial charge in [0.2, 0.25) is 0 Å². The standard InChI is InChI=1S/C9H21OSi.3C4H9O.Ti/c1-4-7-11(10,8-5-2)9-6-3;3*1-3-4(2)5;/h4-9H2,1-3H3;3*4H,3H2,1-2H3;/q4*-1;+4. The Bertz CT molecular complexity index is 322. The maximum atomic E-state index is 7.12. The van der Waals surface area contributed by atoms with Crippen molar-refractivity contribution in [3.05, 3.63) is 0 Å². The van der Waals surface area contributed by atoms with Crippen LogP contribution < -0.4 is 0 Å². The molecular formula is C21H48O4SiTi. The summed E-state index contributed by atoms with van der Waals surface area (Å²) in [5, 5.41) is 0. The van der Waals surface area contributed by atoms with E-state index in [-0.39, 0.29) is 18.3 Å². The molecule has 0 rings (SSSR count). The third kappa shape index (κ3) is 10.4. The zero-order valence-corrected chi connectivity index (χ0v) is 22.3. The van der Waals surface area contributed by atoms with Gasteiger partial charge in [-0.25, -0.2) is 0 Å². The van der Waals surface area contributed by atoms with Crippen LogP contribution in [0.15, 0.2) is 0 Å². The van der Waals surface area contributed by atoms with E-state index in [0.717, 1.165) is 38.5 Å². The van der Waals surface area contributed by atoms with Gasteiger partial charge in [0.15, 0.2) is 0 Å². The van der Waals surface area contributed by atoms with E-state index in [1.54, 1.807) is 0 Å². The minimum atomic E-state index is -3.88. The number of hydrogen-bond donors (Lipinski definition) is 0. The number of hydrogen-bond acceptors (Lipinski definition) is 4. The Morgan fingerprint density at radius 1 is 0.593 bits per heavy atom. The molecule has 0 fully saturated rings. The van der Waals surface area contributed by atoms with E-state index in [1.165, 1.54) is 18.1 Å². The predicted molar refractivity (Wildman–Crippen MR) is 115 cm³/mol. The van der Waals surface area contributed by atoms with Crippen molar-refractivity contribution in [3.8, 4) is 0 Å².